The van der Waals surface area contributed by atoms with Crippen molar-refractivity contribution in [3.63, 3.8) is 0 Å². The lowest BCUT2D eigenvalue weighted by Crippen LogP contribution is -2.51. The molecule has 260 valence electrons. The number of guanidine groups is 1. The van der Waals surface area contributed by atoms with Crippen LogP contribution in [0.2, 0.25) is 0 Å². The van der Waals surface area contributed by atoms with E-state index in [4.69, 9.17) is 20.5 Å². The Kier molecular flexibility index (Phi) is 14.8. The highest BCUT2D eigenvalue weighted by Crippen LogP contribution is 2.48. The Labute approximate surface area is 273 Å². The molecule has 0 saturated carbocycles. The number of fused-ring (bicyclic) bond motifs is 1. The minimum absolute atomic E-state index is 0.0281. The predicted octanol–water partition coefficient (Wildman–Crippen LogP) is 2.39. The van der Waals surface area contributed by atoms with E-state index in [1.54, 1.807) is 30.9 Å². The monoisotopic (exact) mass is 685 g/mol. The molecule has 2 atom stereocenters. The van der Waals surface area contributed by atoms with Gasteiger partial charge in [-0.25, -0.2) is 8.42 Å². The number of nitrogens with two attached hydrogens (primary N) is 2. The highest BCUT2D eigenvalue weighted by atomic mass is 32.2. The van der Waals surface area contributed by atoms with Gasteiger partial charge >= 0.3 is 7.60 Å². The second-order valence-electron chi connectivity index (χ2n) is 11.9. The number of para-hydroxylation sites is 1. The number of sulfonamides is 1. The van der Waals surface area contributed by atoms with Crippen molar-refractivity contribution in [3.05, 3.63) is 23.8 Å². The molecule has 14 nitrogen and oxygen atoms in total. The van der Waals surface area contributed by atoms with Crippen LogP contribution in [0.25, 0.3) is 0 Å². The number of anilines is 1. The Hall–Kier alpha value is -2.71. The average molecular weight is 686 g/mol. The first-order valence-corrected chi connectivity index (χ1v) is 19.5. The summed E-state index contributed by atoms with van der Waals surface area (Å²) in [6.07, 6.45) is 3.70. The number of amides is 2. The third-order valence-electron chi connectivity index (χ3n) is 8.20. The topological polar surface area (TPSA) is 208 Å². The summed E-state index contributed by atoms with van der Waals surface area (Å²) in [7, 11) is -7.30. The summed E-state index contributed by atoms with van der Waals surface area (Å²) in [5, 5.41) is 6.14. The molecule has 16 heteroatoms. The molecule has 0 aliphatic carbocycles. The first kappa shape index (κ1) is 37.7. The number of rotatable bonds is 18. The predicted molar refractivity (Wildman–Crippen MR) is 179 cm³/mol. The van der Waals surface area contributed by atoms with Crippen molar-refractivity contribution >= 4 is 41.1 Å². The zero-order valence-electron chi connectivity index (χ0n) is 27.3. The minimum atomic E-state index is -4.03. The molecule has 2 aliphatic heterocycles. The van der Waals surface area contributed by atoms with E-state index >= 15 is 0 Å². The lowest BCUT2D eigenvalue weighted by Gasteiger charge is -2.34. The van der Waals surface area contributed by atoms with Gasteiger partial charge in [-0.3, -0.25) is 19.1 Å². The van der Waals surface area contributed by atoms with Gasteiger partial charge < -0.3 is 36.0 Å². The number of benzene rings is 1. The van der Waals surface area contributed by atoms with E-state index in [1.165, 1.54) is 0 Å². The quantitative estimate of drug-likeness (QED) is 0.0660. The van der Waals surface area contributed by atoms with Crippen molar-refractivity contribution in [2.45, 2.75) is 76.7 Å². The zero-order valence-corrected chi connectivity index (χ0v) is 29.0. The molecule has 1 saturated heterocycles. The van der Waals surface area contributed by atoms with Crippen molar-refractivity contribution in [1.82, 2.24) is 14.9 Å². The molecule has 0 aromatic heterocycles. The van der Waals surface area contributed by atoms with E-state index in [0.29, 0.717) is 50.1 Å². The minimum Gasteiger partial charge on any atom is -0.383 e. The molecule has 2 amide bonds. The van der Waals surface area contributed by atoms with Crippen molar-refractivity contribution < 1.29 is 31.6 Å². The Bertz CT molecular complexity index is 1340. The highest BCUT2D eigenvalue weighted by molar-refractivity contribution is 7.89. The summed E-state index contributed by atoms with van der Waals surface area (Å²) in [6, 6.07) is 4.24. The number of likely N-dealkylation sites (tertiary alicyclic amines) is 1. The van der Waals surface area contributed by atoms with E-state index < -0.39 is 23.7 Å². The maximum absolute atomic E-state index is 13.7. The molecule has 0 spiro atoms. The molecule has 2 aliphatic rings. The Balaban J connectivity index is 1.56. The van der Waals surface area contributed by atoms with Crippen LogP contribution in [-0.2, 0) is 39.6 Å². The summed E-state index contributed by atoms with van der Waals surface area (Å²) in [5.74, 6) is 0.124. The maximum Gasteiger partial charge on any atom is 0.331 e. The summed E-state index contributed by atoms with van der Waals surface area (Å²) < 4.78 is 53.1. The second kappa shape index (κ2) is 18.0. The molecule has 46 heavy (non-hydrogen) atoms. The van der Waals surface area contributed by atoms with Crippen molar-refractivity contribution in [3.8, 4) is 0 Å². The van der Waals surface area contributed by atoms with Gasteiger partial charge in [-0.2, -0.15) is 4.72 Å². The summed E-state index contributed by atoms with van der Waals surface area (Å²) in [6.45, 7) is 8.43. The zero-order chi connectivity index (χ0) is 33.7. The number of carbonyl (C=O) groups excluding carboxylic acids is 2. The Morgan fingerprint density at radius 1 is 1.17 bits per heavy atom. The molecule has 2 heterocycles. The van der Waals surface area contributed by atoms with Gasteiger partial charge in [0.15, 0.2) is 5.96 Å². The number of nitrogens with one attached hydrogen (secondary N) is 3. The average Bonchev–Trinajstić information content (AvgIpc) is 3.01. The summed E-state index contributed by atoms with van der Waals surface area (Å²) >= 11 is 0. The standard InChI is InChI=1S/C30H52N7O7PS/c1-4-43-45(40,44-5-2)19-14-27(38)33-16-11-23-12-17-37(18-13-23)29(39)25(9-7-15-34-30(31)32)36-46(41,42)26-10-6-8-24-20-22(3)21-35-28(24)26/h6,8,10,22-23,25,35-36H,4-5,7,9,11-21H2,1-3H3,(H,33,38)(H4,31,32,34)/t22-,25?/m0/s1. The molecule has 1 fully saturated rings. The van der Waals surface area contributed by atoms with Gasteiger partial charge in [0.2, 0.25) is 21.8 Å². The van der Waals surface area contributed by atoms with Crippen LogP contribution in [-0.4, -0.2) is 89.2 Å². The van der Waals surface area contributed by atoms with E-state index in [9.17, 15) is 22.6 Å². The molecule has 1 aromatic rings. The summed E-state index contributed by atoms with van der Waals surface area (Å²) in [4.78, 5) is 31.9. The lowest BCUT2D eigenvalue weighted by atomic mass is 9.93. The van der Waals surface area contributed by atoms with Crippen LogP contribution in [0.5, 0.6) is 0 Å². The molecule has 3 rings (SSSR count). The van der Waals surface area contributed by atoms with E-state index in [-0.39, 0.29) is 61.4 Å². The Morgan fingerprint density at radius 3 is 2.52 bits per heavy atom. The van der Waals surface area contributed by atoms with E-state index in [1.807, 2.05) is 6.07 Å². The third kappa shape index (κ3) is 11.5. The number of aliphatic imine (C=N–C) groups is 1. The van der Waals surface area contributed by atoms with Crippen LogP contribution in [0.15, 0.2) is 28.1 Å². The molecule has 0 bridgehead atoms. The van der Waals surface area contributed by atoms with Gasteiger partial charge in [-0.1, -0.05) is 19.1 Å². The van der Waals surface area contributed by atoms with Crippen LogP contribution in [0.4, 0.5) is 5.69 Å². The van der Waals surface area contributed by atoms with Crippen molar-refractivity contribution in [2.75, 3.05) is 57.4 Å². The van der Waals surface area contributed by atoms with Crippen LogP contribution < -0.4 is 26.8 Å². The van der Waals surface area contributed by atoms with Gasteiger partial charge in [-0.05, 0) is 75.8 Å². The molecular formula is C30H52N7O7PS. The van der Waals surface area contributed by atoms with Crippen molar-refractivity contribution in [2.24, 2.45) is 28.3 Å². The fraction of sp³-hybridized carbons (Fsp3) is 0.700. The van der Waals surface area contributed by atoms with Gasteiger partial charge in [0.25, 0.3) is 0 Å². The first-order chi connectivity index (χ1) is 21.9. The van der Waals surface area contributed by atoms with Crippen LogP contribution >= 0.6 is 7.60 Å². The summed E-state index contributed by atoms with van der Waals surface area (Å²) in [5.41, 5.74) is 12.4. The largest absolute Gasteiger partial charge is 0.383 e. The van der Waals surface area contributed by atoms with Gasteiger partial charge in [0.05, 0.1) is 25.1 Å². The highest BCUT2D eigenvalue weighted by Gasteiger charge is 2.33. The number of carbonyl (C=O) groups is 2. The SMILES string of the molecule is CCOP(=O)(CCC(=O)NCCC1CCN(C(=O)C(CCCN=C(N)N)NS(=O)(=O)c2cccc3c2NC[C@@H](C)C3)CC1)OCC. The van der Waals surface area contributed by atoms with Gasteiger partial charge in [-0.15, -0.1) is 0 Å². The number of piperidine rings is 1. The fourth-order valence-electron chi connectivity index (χ4n) is 5.85. The lowest BCUT2D eigenvalue weighted by molar-refractivity contribution is -0.134. The molecule has 0 radical (unpaired) electrons. The Morgan fingerprint density at radius 2 is 1.87 bits per heavy atom. The van der Waals surface area contributed by atoms with Crippen LogP contribution in [0, 0.1) is 11.8 Å². The normalized spacial score (nSPS) is 17.9. The molecule has 7 N–H and O–H groups in total. The fourth-order valence-corrected chi connectivity index (χ4v) is 8.89. The van der Waals surface area contributed by atoms with Gasteiger partial charge in [0, 0.05) is 39.1 Å². The molecule has 1 aromatic carbocycles. The van der Waals surface area contributed by atoms with Crippen molar-refractivity contribution in [1.29, 1.82) is 0 Å². The maximum atomic E-state index is 13.7. The number of hydrogen-bond acceptors (Lipinski definition) is 9. The van der Waals surface area contributed by atoms with Gasteiger partial charge in [0.1, 0.15) is 10.9 Å². The second-order valence-corrected chi connectivity index (χ2v) is 15.8. The molecule has 1 unspecified atom stereocenters. The smallest absolute Gasteiger partial charge is 0.331 e. The van der Waals surface area contributed by atoms with E-state index in [0.717, 1.165) is 31.2 Å². The number of nitrogens with zero attached hydrogens (tertiary/aromatic N) is 2. The van der Waals surface area contributed by atoms with E-state index in [2.05, 4.69) is 27.3 Å². The van der Waals surface area contributed by atoms with Crippen LogP contribution in [0.1, 0.15) is 64.9 Å². The third-order valence-corrected chi connectivity index (χ3v) is 11.8. The first-order valence-electron chi connectivity index (χ1n) is 16.2. The van der Waals surface area contributed by atoms with Crippen LogP contribution in [0.3, 0.4) is 0 Å². The molecular weight excluding hydrogens is 633 g/mol. The number of hydrogen-bond donors (Lipinski definition) is 5.